The number of carbonyl (C=O) groups excluding carboxylic acids is 2. The lowest BCUT2D eigenvalue weighted by molar-refractivity contribution is 0.0636. The van der Waals surface area contributed by atoms with E-state index in [4.69, 9.17) is 4.74 Å². The smallest absolute Gasteiger partial charge is 0.412 e. The molecule has 1 heterocycles. The zero-order valence-electron chi connectivity index (χ0n) is 15.6. The van der Waals surface area contributed by atoms with Crippen molar-refractivity contribution in [3.05, 3.63) is 48.0 Å². The largest absolute Gasteiger partial charge is 0.444 e. The molecule has 2 rings (SSSR count). The number of aromatic nitrogens is 1. The second kappa shape index (κ2) is 7.64. The fraction of sp³-hybridized carbons (Fsp3) is 0.350. The van der Waals surface area contributed by atoms with Crippen molar-refractivity contribution in [2.24, 2.45) is 5.92 Å². The first-order valence-corrected chi connectivity index (χ1v) is 8.37. The predicted molar refractivity (Wildman–Crippen MR) is 101 cm³/mol. The summed E-state index contributed by atoms with van der Waals surface area (Å²) in [5.41, 5.74) is 0.870. The summed E-state index contributed by atoms with van der Waals surface area (Å²) in [5.74, 6) is -0.880. The van der Waals surface area contributed by atoms with Crippen LogP contribution < -0.4 is 5.32 Å². The Morgan fingerprint density at radius 3 is 2.46 bits per heavy atom. The highest BCUT2D eigenvalue weighted by Gasteiger charge is 2.22. The Hall–Kier alpha value is -2.76. The number of benzene rings is 1. The number of carbonyl (C=O) groups is 2. The summed E-state index contributed by atoms with van der Waals surface area (Å²) in [6, 6.07) is 7.60. The summed E-state index contributed by atoms with van der Waals surface area (Å²) in [6.45, 7) is 8.74. The SMILES string of the molecule is CC(C)C(=O)c1ncc(-c2cccc(F)c2)cc1NC(=O)OC(C)(C)C.[HH]. The van der Waals surface area contributed by atoms with Crippen LogP contribution in [0.5, 0.6) is 0 Å². The fourth-order valence-electron chi connectivity index (χ4n) is 2.27. The second-order valence-corrected chi connectivity index (χ2v) is 7.28. The van der Waals surface area contributed by atoms with Crippen LogP contribution in [0, 0.1) is 11.7 Å². The summed E-state index contributed by atoms with van der Waals surface area (Å²) in [4.78, 5) is 28.8. The maximum Gasteiger partial charge on any atom is 0.412 e. The molecule has 2 aromatic rings. The minimum Gasteiger partial charge on any atom is -0.444 e. The third-order valence-electron chi connectivity index (χ3n) is 3.44. The second-order valence-electron chi connectivity index (χ2n) is 7.28. The van der Waals surface area contributed by atoms with E-state index < -0.39 is 11.7 Å². The summed E-state index contributed by atoms with van der Waals surface area (Å²) in [5, 5.41) is 2.59. The van der Waals surface area contributed by atoms with E-state index in [9.17, 15) is 14.0 Å². The number of nitrogens with one attached hydrogen (secondary N) is 1. The van der Waals surface area contributed by atoms with E-state index >= 15 is 0 Å². The van der Waals surface area contributed by atoms with Crippen molar-refractivity contribution in [1.29, 1.82) is 0 Å². The summed E-state index contributed by atoms with van der Waals surface area (Å²) < 4.78 is 18.8. The Kier molecular flexibility index (Phi) is 5.75. The molecule has 0 aliphatic carbocycles. The Bertz CT molecular complexity index is 832. The highest BCUT2D eigenvalue weighted by molar-refractivity contribution is 6.03. The topological polar surface area (TPSA) is 68.3 Å². The van der Waals surface area contributed by atoms with E-state index in [1.165, 1.54) is 18.3 Å². The Balaban J connectivity index is 0.00000364. The van der Waals surface area contributed by atoms with E-state index in [1.807, 2.05) is 0 Å². The van der Waals surface area contributed by atoms with Gasteiger partial charge in [-0.1, -0.05) is 26.0 Å². The van der Waals surface area contributed by atoms with Gasteiger partial charge in [0.25, 0.3) is 0 Å². The summed E-state index contributed by atoms with van der Waals surface area (Å²) in [7, 11) is 0. The van der Waals surface area contributed by atoms with Crippen LogP contribution in [0.25, 0.3) is 11.1 Å². The highest BCUT2D eigenvalue weighted by atomic mass is 19.1. The third-order valence-corrected chi connectivity index (χ3v) is 3.44. The maximum atomic E-state index is 13.5. The maximum absolute atomic E-state index is 13.5. The van der Waals surface area contributed by atoms with Crippen molar-refractivity contribution in [2.75, 3.05) is 5.32 Å². The summed E-state index contributed by atoms with van der Waals surface area (Å²) >= 11 is 0. The molecular weight excluding hydrogens is 335 g/mol. The molecule has 1 aromatic carbocycles. The van der Waals surface area contributed by atoms with Crippen LogP contribution in [0.15, 0.2) is 36.5 Å². The van der Waals surface area contributed by atoms with Gasteiger partial charge in [0.15, 0.2) is 5.78 Å². The first kappa shape index (κ1) is 19.6. The van der Waals surface area contributed by atoms with Crippen molar-refractivity contribution >= 4 is 17.6 Å². The van der Waals surface area contributed by atoms with E-state index in [0.29, 0.717) is 11.1 Å². The summed E-state index contributed by atoms with van der Waals surface area (Å²) in [6.07, 6.45) is 0.804. The van der Waals surface area contributed by atoms with Crippen LogP contribution in [0.1, 0.15) is 46.5 Å². The number of hydrogen-bond donors (Lipinski definition) is 1. The molecule has 1 amide bonds. The van der Waals surface area contributed by atoms with Crippen molar-refractivity contribution in [3.8, 4) is 11.1 Å². The van der Waals surface area contributed by atoms with Crippen molar-refractivity contribution in [1.82, 2.24) is 4.98 Å². The number of pyridine rings is 1. The molecule has 1 aromatic heterocycles. The molecule has 0 radical (unpaired) electrons. The predicted octanol–water partition coefficient (Wildman–Crippen LogP) is 5.32. The molecule has 0 atom stereocenters. The Labute approximate surface area is 154 Å². The zero-order chi connectivity index (χ0) is 19.5. The first-order valence-electron chi connectivity index (χ1n) is 8.37. The molecule has 0 spiro atoms. The van der Waals surface area contributed by atoms with Gasteiger partial charge >= 0.3 is 6.09 Å². The lowest BCUT2D eigenvalue weighted by Gasteiger charge is -2.20. The number of amides is 1. The monoisotopic (exact) mass is 360 g/mol. The molecule has 26 heavy (non-hydrogen) atoms. The quantitative estimate of drug-likeness (QED) is 0.749. The van der Waals surface area contributed by atoms with Gasteiger partial charge in [-0.05, 0) is 44.5 Å². The molecule has 1 N–H and O–H groups in total. The minimum atomic E-state index is -0.687. The third kappa shape index (κ3) is 5.12. The molecule has 6 heteroatoms. The van der Waals surface area contributed by atoms with Crippen molar-refractivity contribution in [2.45, 2.75) is 40.2 Å². The Morgan fingerprint density at radius 1 is 1.19 bits per heavy atom. The molecule has 5 nitrogen and oxygen atoms in total. The van der Waals surface area contributed by atoms with Crippen molar-refractivity contribution < 1.29 is 20.1 Å². The van der Waals surface area contributed by atoms with Crippen LogP contribution in [0.4, 0.5) is 14.9 Å². The molecule has 0 fully saturated rings. The van der Waals surface area contributed by atoms with Gasteiger partial charge in [0, 0.05) is 19.1 Å². The number of anilines is 1. The van der Waals surface area contributed by atoms with Gasteiger partial charge in [-0.15, -0.1) is 0 Å². The number of Topliss-reactive ketones (excluding diaryl/α,β-unsaturated/α-hetero) is 1. The van der Waals surface area contributed by atoms with Crippen LogP contribution in [-0.4, -0.2) is 22.5 Å². The standard InChI is InChI=1S/C20H23FN2O3.H2/c1-12(2)18(24)17-16(23-19(25)26-20(3,4)5)10-14(11-22-17)13-7-6-8-15(21)9-13;/h6-12H,1-5H3,(H,23,25);1H. The molecule has 0 aliphatic rings. The average molecular weight is 360 g/mol. The van der Waals surface area contributed by atoms with E-state index in [1.54, 1.807) is 52.8 Å². The lowest BCUT2D eigenvalue weighted by Crippen LogP contribution is -2.28. The molecule has 0 unspecified atom stereocenters. The first-order chi connectivity index (χ1) is 12.1. The van der Waals surface area contributed by atoms with Crippen LogP contribution in [0.3, 0.4) is 0 Å². The number of ketones is 1. The van der Waals surface area contributed by atoms with Gasteiger partial charge < -0.3 is 4.74 Å². The highest BCUT2D eigenvalue weighted by Crippen LogP contribution is 2.26. The van der Waals surface area contributed by atoms with E-state index in [0.717, 1.165) is 0 Å². The van der Waals surface area contributed by atoms with Crippen LogP contribution in [-0.2, 0) is 4.74 Å². The van der Waals surface area contributed by atoms with Crippen LogP contribution >= 0.6 is 0 Å². The number of rotatable bonds is 4. The van der Waals surface area contributed by atoms with Gasteiger partial charge in [0.2, 0.25) is 0 Å². The molecule has 0 bridgehead atoms. The number of ether oxygens (including phenoxy) is 1. The van der Waals surface area contributed by atoms with Gasteiger partial charge in [0.05, 0.1) is 5.69 Å². The van der Waals surface area contributed by atoms with E-state index in [2.05, 4.69) is 10.3 Å². The van der Waals surface area contributed by atoms with Gasteiger partial charge in [-0.2, -0.15) is 0 Å². The van der Waals surface area contributed by atoms with Gasteiger partial charge in [-0.3, -0.25) is 15.1 Å². The normalized spacial score (nSPS) is 11.3. The lowest BCUT2D eigenvalue weighted by atomic mass is 10.0. The molecule has 140 valence electrons. The molecular formula is C20H25FN2O3. The van der Waals surface area contributed by atoms with Crippen LogP contribution in [0.2, 0.25) is 0 Å². The molecule has 0 saturated heterocycles. The van der Waals surface area contributed by atoms with Gasteiger partial charge in [0.1, 0.15) is 17.1 Å². The number of nitrogens with zero attached hydrogens (tertiary/aromatic N) is 1. The number of hydrogen-bond acceptors (Lipinski definition) is 4. The Morgan fingerprint density at radius 2 is 1.88 bits per heavy atom. The number of halogens is 1. The zero-order valence-corrected chi connectivity index (χ0v) is 15.6. The molecule has 0 saturated carbocycles. The van der Waals surface area contributed by atoms with Gasteiger partial charge in [-0.25, -0.2) is 9.18 Å². The molecule has 0 aliphatic heterocycles. The minimum absolute atomic E-state index is 0. The average Bonchev–Trinajstić information content (AvgIpc) is 2.52. The van der Waals surface area contributed by atoms with Crippen molar-refractivity contribution in [3.63, 3.8) is 0 Å². The fourth-order valence-corrected chi connectivity index (χ4v) is 2.27. The van der Waals surface area contributed by atoms with E-state index in [-0.39, 0.29) is 30.3 Å².